The van der Waals surface area contributed by atoms with Crippen molar-refractivity contribution in [3.05, 3.63) is 84.2 Å². The minimum absolute atomic E-state index is 0.232. The molecule has 1 amide bonds. The number of fused-ring (bicyclic) bond motifs is 4. The van der Waals surface area contributed by atoms with E-state index in [1.165, 1.54) is 12.1 Å². The molecule has 0 radical (unpaired) electrons. The van der Waals surface area contributed by atoms with E-state index in [0.717, 1.165) is 5.56 Å². The Bertz CT molecular complexity index is 1220. The summed E-state index contributed by atoms with van der Waals surface area (Å²) < 4.78 is 25.3. The second kappa shape index (κ2) is 8.04. The minimum atomic E-state index is -1.16. The topological polar surface area (TPSA) is 62.8 Å². The number of anilines is 2. The number of thiocarbonyl (C=S) groups is 1. The molecule has 2 heterocycles. The fraction of sp³-hybridized carbons (Fsp3) is 0.200. The Morgan fingerprint density at radius 3 is 2.52 bits per heavy atom. The van der Waals surface area contributed by atoms with Crippen LogP contribution in [0.15, 0.2) is 72.8 Å². The van der Waals surface area contributed by atoms with Gasteiger partial charge in [0.1, 0.15) is 23.2 Å². The number of methoxy groups -OCH3 is 1. The number of amides is 1. The van der Waals surface area contributed by atoms with Crippen LogP contribution in [0.2, 0.25) is 0 Å². The van der Waals surface area contributed by atoms with Crippen molar-refractivity contribution in [2.45, 2.75) is 18.7 Å². The van der Waals surface area contributed by atoms with E-state index in [9.17, 15) is 9.18 Å². The molecule has 3 aromatic carbocycles. The van der Waals surface area contributed by atoms with E-state index in [0.29, 0.717) is 28.0 Å². The molecule has 8 heteroatoms. The molecule has 3 aromatic rings. The molecule has 3 atom stereocenters. The van der Waals surface area contributed by atoms with Crippen LogP contribution in [0.3, 0.4) is 0 Å². The molecule has 2 N–H and O–H groups in total. The van der Waals surface area contributed by atoms with Crippen LogP contribution in [-0.2, 0) is 4.79 Å². The highest BCUT2D eigenvalue weighted by molar-refractivity contribution is 7.80. The number of rotatable bonds is 4. The van der Waals surface area contributed by atoms with Crippen molar-refractivity contribution in [3.8, 4) is 11.5 Å². The van der Waals surface area contributed by atoms with E-state index in [4.69, 9.17) is 21.7 Å². The number of hydrogen-bond donors (Lipinski definition) is 2. The summed E-state index contributed by atoms with van der Waals surface area (Å²) in [7, 11) is 1.59. The Morgan fingerprint density at radius 2 is 1.82 bits per heavy atom. The van der Waals surface area contributed by atoms with Crippen LogP contribution in [0, 0.1) is 11.7 Å². The predicted molar refractivity (Wildman–Crippen MR) is 128 cm³/mol. The predicted octanol–water partition coefficient (Wildman–Crippen LogP) is 4.63. The van der Waals surface area contributed by atoms with E-state index in [1.54, 1.807) is 48.4 Å². The Hall–Kier alpha value is -3.65. The van der Waals surface area contributed by atoms with Gasteiger partial charge in [-0.05, 0) is 73.7 Å². The van der Waals surface area contributed by atoms with Crippen molar-refractivity contribution in [3.63, 3.8) is 0 Å². The van der Waals surface area contributed by atoms with Crippen LogP contribution < -0.4 is 25.0 Å². The zero-order valence-corrected chi connectivity index (χ0v) is 18.9. The molecule has 168 valence electrons. The number of halogens is 1. The van der Waals surface area contributed by atoms with Crippen LogP contribution in [-0.4, -0.2) is 23.9 Å². The molecule has 0 saturated carbocycles. The summed E-state index contributed by atoms with van der Waals surface area (Å²) in [6.45, 7) is 1.84. The molecule has 5 rings (SSSR count). The largest absolute Gasteiger partial charge is 0.497 e. The first-order valence-electron chi connectivity index (χ1n) is 10.5. The van der Waals surface area contributed by atoms with Crippen LogP contribution in [0.1, 0.15) is 18.5 Å². The molecule has 0 spiro atoms. The standard InChI is InChI=1S/C25H22FN3O3S/c1-25-21(23(30)27-16-9-13-18(31-2)14-10-16)22(19-5-3-4-6-20(19)32-25)28-24(33)29(25)17-11-7-15(26)8-12-17/h3-14,21-22H,1-2H3,(H,27,30)(H,28,33)/t21-,22-,25-/m0/s1. The van der Waals surface area contributed by atoms with Crippen molar-refractivity contribution >= 4 is 34.6 Å². The molecule has 33 heavy (non-hydrogen) atoms. The lowest BCUT2D eigenvalue weighted by Crippen LogP contribution is -2.72. The van der Waals surface area contributed by atoms with Gasteiger partial charge in [-0.25, -0.2) is 4.39 Å². The van der Waals surface area contributed by atoms with E-state index in [1.807, 2.05) is 31.2 Å². The average Bonchev–Trinajstić information content (AvgIpc) is 2.80. The summed E-state index contributed by atoms with van der Waals surface area (Å²) in [5.41, 5.74) is 0.954. The maximum absolute atomic E-state index is 13.7. The summed E-state index contributed by atoms with van der Waals surface area (Å²) in [5, 5.41) is 6.73. The van der Waals surface area contributed by atoms with Crippen LogP contribution >= 0.6 is 12.2 Å². The zero-order chi connectivity index (χ0) is 23.2. The van der Waals surface area contributed by atoms with E-state index < -0.39 is 17.7 Å². The average molecular weight is 464 g/mol. The van der Waals surface area contributed by atoms with E-state index >= 15 is 0 Å². The summed E-state index contributed by atoms with van der Waals surface area (Å²) in [4.78, 5) is 15.4. The van der Waals surface area contributed by atoms with Gasteiger partial charge in [0.15, 0.2) is 10.8 Å². The fourth-order valence-electron chi connectivity index (χ4n) is 4.60. The van der Waals surface area contributed by atoms with Crippen molar-refractivity contribution in [2.75, 3.05) is 17.3 Å². The third-order valence-electron chi connectivity index (χ3n) is 6.13. The van der Waals surface area contributed by atoms with Crippen molar-refractivity contribution < 1.29 is 18.7 Å². The van der Waals surface area contributed by atoms with Gasteiger partial charge >= 0.3 is 0 Å². The smallest absolute Gasteiger partial charge is 0.236 e. The van der Waals surface area contributed by atoms with Crippen LogP contribution in [0.25, 0.3) is 0 Å². The summed E-state index contributed by atoms with van der Waals surface area (Å²) in [6.07, 6.45) is 0. The van der Waals surface area contributed by atoms with Gasteiger partial charge in [-0.1, -0.05) is 18.2 Å². The molecule has 0 unspecified atom stereocenters. The summed E-state index contributed by atoms with van der Waals surface area (Å²) >= 11 is 5.69. The molecule has 1 fully saturated rings. The third-order valence-corrected chi connectivity index (χ3v) is 6.43. The monoisotopic (exact) mass is 463 g/mol. The van der Waals surface area contributed by atoms with Gasteiger partial charge in [0.2, 0.25) is 5.91 Å². The minimum Gasteiger partial charge on any atom is -0.497 e. The van der Waals surface area contributed by atoms with E-state index in [-0.39, 0.29) is 11.7 Å². The van der Waals surface area contributed by atoms with Gasteiger partial charge in [0.05, 0.1) is 13.2 Å². The summed E-state index contributed by atoms with van der Waals surface area (Å²) in [6, 6.07) is 20.3. The van der Waals surface area contributed by atoms with Crippen molar-refractivity contribution in [1.29, 1.82) is 0 Å². The van der Waals surface area contributed by atoms with Crippen LogP contribution in [0.5, 0.6) is 11.5 Å². The number of nitrogens with zero attached hydrogens (tertiary/aromatic N) is 1. The second-order valence-corrected chi connectivity index (χ2v) is 8.52. The molecule has 2 aliphatic rings. The number of carbonyl (C=O) groups is 1. The number of carbonyl (C=O) groups excluding carboxylic acids is 1. The van der Waals surface area contributed by atoms with Crippen LogP contribution in [0.4, 0.5) is 15.8 Å². The Balaban J connectivity index is 1.58. The molecule has 0 aliphatic carbocycles. The zero-order valence-electron chi connectivity index (χ0n) is 18.0. The Kier molecular flexibility index (Phi) is 5.17. The van der Waals surface area contributed by atoms with Gasteiger partial charge in [-0.3, -0.25) is 9.69 Å². The first kappa shape index (κ1) is 21.2. The third kappa shape index (κ3) is 3.56. The lowest BCUT2D eigenvalue weighted by molar-refractivity contribution is -0.130. The highest BCUT2D eigenvalue weighted by atomic mass is 32.1. The molecule has 0 aromatic heterocycles. The lowest BCUT2D eigenvalue weighted by Gasteiger charge is -2.56. The van der Waals surface area contributed by atoms with Gasteiger partial charge < -0.3 is 20.1 Å². The number of para-hydroxylation sites is 1. The number of ether oxygens (including phenoxy) is 2. The Labute approximate surface area is 196 Å². The van der Waals surface area contributed by atoms with Crippen molar-refractivity contribution in [2.24, 2.45) is 5.92 Å². The quantitative estimate of drug-likeness (QED) is 0.550. The highest BCUT2D eigenvalue weighted by Gasteiger charge is 2.59. The molecule has 2 aliphatic heterocycles. The maximum atomic E-state index is 13.7. The normalized spacial score (nSPS) is 23.1. The Morgan fingerprint density at radius 1 is 1.12 bits per heavy atom. The molecule has 6 nitrogen and oxygen atoms in total. The number of nitrogens with one attached hydrogen (secondary N) is 2. The molecular formula is C25H22FN3O3S. The number of hydrogen-bond acceptors (Lipinski definition) is 4. The van der Waals surface area contributed by atoms with Gasteiger partial charge in [0, 0.05) is 16.9 Å². The van der Waals surface area contributed by atoms with Crippen molar-refractivity contribution in [1.82, 2.24) is 5.32 Å². The molecule has 1 saturated heterocycles. The number of benzene rings is 3. The highest BCUT2D eigenvalue weighted by Crippen LogP contribution is 2.49. The first-order chi connectivity index (χ1) is 15.9. The summed E-state index contributed by atoms with van der Waals surface area (Å²) in [5.74, 6) is 0.0961. The van der Waals surface area contributed by atoms with Gasteiger partial charge in [-0.2, -0.15) is 0 Å². The second-order valence-electron chi connectivity index (χ2n) is 8.13. The van der Waals surface area contributed by atoms with Gasteiger partial charge in [0.25, 0.3) is 0 Å². The lowest BCUT2D eigenvalue weighted by atomic mass is 9.78. The first-order valence-corrected chi connectivity index (χ1v) is 10.9. The molecular weight excluding hydrogens is 441 g/mol. The maximum Gasteiger partial charge on any atom is 0.236 e. The van der Waals surface area contributed by atoms with E-state index in [2.05, 4.69) is 10.6 Å². The van der Waals surface area contributed by atoms with Gasteiger partial charge in [-0.15, -0.1) is 0 Å². The fourth-order valence-corrected chi connectivity index (χ4v) is 5.02. The SMILES string of the molecule is COc1ccc(NC(=O)[C@@H]2[C@H]3NC(=S)N(c4ccc(F)cc4)[C@@]2(C)Oc2ccccc23)cc1. The molecule has 2 bridgehead atoms.